The van der Waals surface area contributed by atoms with Gasteiger partial charge in [0.2, 0.25) is 0 Å². The number of hydrogen-bond acceptors (Lipinski definition) is 2. The number of hydrogen-bond donors (Lipinski definition) is 2. The molecule has 0 aliphatic heterocycles. The van der Waals surface area contributed by atoms with E-state index in [9.17, 15) is 9.90 Å². The fourth-order valence-electron chi connectivity index (χ4n) is 3.23. The van der Waals surface area contributed by atoms with E-state index in [0.717, 1.165) is 11.1 Å². The lowest BCUT2D eigenvalue weighted by atomic mass is 9.96. The highest BCUT2D eigenvalue weighted by Gasteiger charge is 2.16. The van der Waals surface area contributed by atoms with Crippen LogP contribution in [0.5, 0.6) is 5.75 Å². The average molecular weight is 400 g/mol. The van der Waals surface area contributed by atoms with E-state index in [-0.39, 0.29) is 11.7 Å². The number of amides is 1. The van der Waals surface area contributed by atoms with E-state index in [1.807, 2.05) is 60.7 Å². The highest BCUT2D eigenvalue weighted by Crippen LogP contribution is 2.40. The first-order chi connectivity index (χ1) is 14.1. The van der Waals surface area contributed by atoms with Crippen molar-refractivity contribution in [1.29, 1.82) is 0 Å². The van der Waals surface area contributed by atoms with Crippen molar-refractivity contribution >= 4 is 23.2 Å². The highest BCUT2D eigenvalue weighted by atomic mass is 35.5. The summed E-state index contributed by atoms with van der Waals surface area (Å²) in [6, 6.07) is 29.6. The van der Waals surface area contributed by atoms with E-state index in [0.29, 0.717) is 27.4 Å². The quantitative estimate of drug-likeness (QED) is 0.378. The van der Waals surface area contributed by atoms with Crippen molar-refractivity contribution in [2.75, 3.05) is 5.32 Å². The van der Waals surface area contributed by atoms with E-state index in [2.05, 4.69) is 5.32 Å². The van der Waals surface area contributed by atoms with Crippen molar-refractivity contribution in [2.45, 2.75) is 0 Å². The zero-order chi connectivity index (χ0) is 20.2. The molecule has 0 fully saturated rings. The fourth-order valence-corrected chi connectivity index (χ4v) is 3.45. The summed E-state index contributed by atoms with van der Waals surface area (Å²) in [5.74, 6) is -0.141. The topological polar surface area (TPSA) is 49.3 Å². The highest BCUT2D eigenvalue weighted by molar-refractivity contribution is 6.34. The monoisotopic (exact) mass is 399 g/mol. The molecule has 0 spiro atoms. The number of anilines is 1. The minimum Gasteiger partial charge on any atom is -0.507 e. The Labute approximate surface area is 174 Å². The molecular formula is C25H18ClNO2. The molecule has 4 aromatic carbocycles. The van der Waals surface area contributed by atoms with Crippen LogP contribution in [0.25, 0.3) is 22.3 Å². The lowest BCUT2D eigenvalue weighted by Gasteiger charge is -2.15. The molecule has 0 bridgehead atoms. The van der Waals surface area contributed by atoms with Gasteiger partial charge in [-0.15, -0.1) is 0 Å². The van der Waals surface area contributed by atoms with Crippen LogP contribution in [-0.4, -0.2) is 11.0 Å². The Kier molecular flexibility index (Phi) is 5.32. The van der Waals surface area contributed by atoms with E-state index in [1.54, 1.807) is 36.4 Å². The average Bonchev–Trinajstić information content (AvgIpc) is 2.76. The van der Waals surface area contributed by atoms with Crippen LogP contribution in [0.3, 0.4) is 0 Å². The van der Waals surface area contributed by atoms with Gasteiger partial charge in [0, 0.05) is 16.8 Å². The van der Waals surface area contributed by atoms with E-state index in [4.69, 9.17) is 11.6 Å². The number of benzene rings is 4. The van der Waals surface area contributed by atoms with Gasteiger partial charge in [0.15, 0.2) is 0 Å². The van der Waals surface area contributed by atoms with Gasteiger partial charge in [-0.2, -0.15) is 0 Å². The number of phenolic OH excluding ortho intramolecular Hbond substituents is 1. The fraction of sp³-hybridized carbons (Fsp3) is 0. The SMILES string of the molecule is O=C(Nc1cc(-c2ccccc2)c(O)c(-c2ccccc2)c1)c1ccccc1Cl. The maximum Gasteiger partial charge on any atom is 0.257 e. The third-order valence-corrected chi connectivity index (χ3v) is 4.99. The lowest BCUT2D eigenvalue weighted by Crippen LogP contribution is -2.12. The molecule has 0 radical (unpaired) electrons. The van der Waals surface area contributed by atoms with Crippen molar-refractivity contribution in [3.8, 4) is 28.0 Å². The number of aromatic hydroxyl groups is 1. The number of rotatable bonds is 4. The summed E-state index contributed by atoms with van der Waals surface area (Å²) < 4.78 is 0. The molecule has 0 atom stereocenters. The van der Waals surface area contributed by atoms with Crippen LogP contribution in [0.4, 0.5) is 5.69 Å². The Morgan fingerprint density at radius 2 is 1.21 bits per heavy atom. The summed E-state index contributed by atoms with van der Waals surface area (Å²) in [4.78, 5) is 12.8. The maximum absolute atomic E-state index is 12.8. The molecule has 4 heteroatoms. The zero-order valence-electron chi connectivity index (χ0n) is 15.5. The van der Waals surface area contributed by atoms with Gasteiger partial charge in [0.25, 0.3) is 5.91 Å². The lowest BCUT2D eigenvalue weighted by molar-refractivity contribution is 0.102. The van der Waals surface area contributed by atoms with Crippen LogP contribution >= 0.6 is 11.6 Å². The van der Waals surface area contributed by atoms with Crippen molar-refractivity contribution in [3.63, 3.8) is 0 Å². The molecule has 2 N–H and O–H groups in total. The van der Waals surface area contributed by atoms with Crippen LogP contribution in [-0.2, 0) is 0 Å². The largest absolute Gasteiger partial charge is 0.507 e. The van der Waals surface area contributed by atoms with Crippen LogP contribution in [0.1, 0.15) is 10.4 Å². The molecule has 0 aliphatic carbocycles. The van der Waals surface area contributed by atoms with Crippen LogP contribution in [0.15, 0.2) is 97.1 Å². The van der Waals surface area contributed by atoms with Crippen LogP contribution in [0.2, 0.25) is 5.02 Å². The molecule has 0 aliphatic rings. The third kappa shape index (κ3) is 4.00. The second-order valence-corrected chi connectivity index (χ2v) is 6.99. The molecule has 0 saturated heterocycles. The van der Waals surface area contributed by atoms with Gasteiger partial charge in [0.1, 0.15) is 5.75 Å². The molecule has 142 valence electrons. The predicted octanol–water partition coefficient (Wildman–Crippen LogP) is 6.63. The van der Waals surface area contributed by atoms with Crippen molar-refractivity contribution in [2.24, 2.45) is 0 Å². The third-order valence-electron chi connectivity index (χ3n) is 4.66. The Hall–Kier alpha value is -3.56. The molecule has 4 rings (SSSR count). The second-order valence-electron chi connectivity index (χ2n) is 6.59. The van der Waals surface area contributed by atoms with E-state index >= 15 is 0 Å². The molecule has 4 aromatic rings. The van der Waals surface area contributed by atoms with Gasteiger partial charge in [0.05, 0.1) is 10.6 Å². The summed E-state index contributed by atoms with van der Waals surface area (Å²) in [6.07, 6.45) is 0. The Morgan fingerprint density at radius 3 is 1.72 bits per heavy atom. The zero-order valence-corrected chi connectivity index (χ0v) is 16.2. The van der Waals surface area contributed by atoms with Crippen LogP contribution < -0.4 is 5.32 Å². The van der Waals surface area contributed by atoms with Gasteiger partial charge >= 0.3 is 0 Å². The first kappa shape index (κ1) is 18.8. The molecule has 0 saturated carbocycles. The summed E-state index contributed by atoms with van der Waals surface area (Å²) >= 11 is 6.16. The predicted molar refractivity (Wildman–Crippen MR) is 118 cm³/mol. The van der Waals surface area contributed by atoms with Crippen molar-refractivity contribution < 1.29 is 9.90 Å². The number of nitrogens with one attached hydrogen (secondary N) is 1. The van der Waals surface area contributed by atoms with Crippen molar-refractivity contribution in [3.05, 3.63) is 108 Å². The number of halogens is 1. The molecule has 0 aromatic heterocycles. The minimum atomic E-state index is -0.306. The normalized spacial score (nSPS) is 10.5. The summed E-state index contributed by atoms with van der Waals surface area (Å²) in [6.45, 7) is 0. The molecule has 1 amide bonds. The molecular weight excluding hydrogens is 382 g/mol. The first-order valence-electron chi connectivity index (χ1n) is 9.17. The summed E-state index contributed by atoms with van der Waals surface area (Å²) in [5.41, 5.74) is 3.96. The van der Waals surface area contributed by atoms with Gasteiger partial charge in [-0.3, -0.25) is 4.79 Å². The second kappa shape index (κ2) is 8.21. The summed E-state index contributed by atoms with van der Waals surface area (Å²) in [7, 11) is 0. The minimum absolute atomic E-state index is 0.165. The van der Waals surface area contributed by atoms with E-state index in [1.165, 1.54) is 0 Å². The van der Waals surface area contributed by atoms with Gasteiger partial charge in [-0.1, -0.05) is 84.4 Å². The molecule has 29 heavy (non-hydrogen) atoms. The number of carbonyl (C=O) groups excluding carboxylic acids is 1. The smallest absolute Gasteiger partial charge is 0.257 e. The Bertz CT molecular complexity index is 1100. The standard InChI is InChI=1S/C25H18ClNO2/c26-23-14-8-7-13-20(23)25(29)27-19-15-21(17-9-3-1-4-10-17)24(28)22(16-19)18-11-5-2-6-12-18/h1-16,28H,(H,27,29). The number of carbonyl (C=O) groups is 1. The molecule has 3 nitrogen and oxygen atoms in total. The Morgan fingerprint density at radius 1 is 0.724 bits per heavy atom. The summed E-state index contributed by atoms with van der Waals surface area (Å²) in [5, 5.41) is 14.3. The number of phenols is 1. The maximum atomic E-state index is 12.8. The molecule has 0 heterocycles. The van der Waals surface area contributed by atoms with Gasteiger partial charge in [-0.25, -0.2) is 0 Å². The first-order valence-corrected chi connectivity index (χ1v) is 9.55. The van der Waals surface area contributed by atoms with Crippen molar-refractivity contribution in [1.82, 2.24) is 0 Å². The van der Waals surface area contributed by atoms with Gasteiger partial charge in [-0.05, 0) is 35.4 Å². The molecule has 0 unspecified atom stereocenters. The van der Waals surface area contributed by atoms with Gasteiger partial charge < -0.3 is 10.4 Å². The van der Waals surface area contributed by atoms with Crippen LogP contribution in [0, 0.1) is 0 Å². The van der Waals surface area contributed by atoms with E-state index < -0.39 is 0 Å². The Balaban J connectivity index is 1.82.